The van der Waals surface area contributed by atoms with Crippen molar-refractivity contribution in [1.29, 1.82) is 0 Å². The Morgan fingerprint density at radius 3 is 2.69 bits per heavy atom. The van der Waals surface area contributed by atoms with Crippen molar-refractivity contribution in [3.05, 3.63) is 11.4 Å². The number of hydrogen-bond acceptors (Lipinski definition) is 3. The van der Waals surface area contributed by atoms with Gasteiger partial charge >= 0.3 is 0 Å². The molecule has 1 unspecified atom stereocenters. The molecule has 5 nitrogen and oxygen atoms in total. The first-order chi connectivity index (χ1) is 7.79. The summed E-state index contributed by atoms with van der Waals surface area (Å²) in [5, 5.41) is 2.79. The van der Waals surface area contributed by atoms with Gasteiger partial charge in [0.05, 0.1) is 0 Å². The molecule has 88 valence electrons. The summed E-state index contributed by atoms with van der Waals surface area (Å²) in [4.78, 5) is 19.2. The Morgan fingerprint density at radius 1 is 1.38 bits per heavy atom. The van der Waals surface area contributed by atoms with Gasteiger partial charge in [-0.05, 0) is 6.42 Å². The van der Waals surface area contributed by atoms with Crippen LogP contribution in [0.3, 0.4) is 0 Å². The van der Waals surface area contributed by atoms with E-state index < -0.39 is 0 Å². The Hall–Kier alpha value is -1.12. The van der Waals surface area contributed by atoms with Crippen LogP contribution in [0, 0.1) is 6.57 Å². The maximum Gasteiger partial charge on any atom is 0.300 e. The third-order valence-corrected chi connectivity index (χ3v) is 3.41. The van der Waals surface area contributed by atoms with Crippen LogP contribution in [0.15, 0.2) is 0 Å². The highest BCUT2D eigenvalue weighted by atomic mass is 16.1. The van der Waals surface area contributed by atoms with Crippen molar-refractivity contribution >= 4 is 5.91 Å². The number of nitrogens with one attached hydrogen (secondary N) is 1. The summed E-state index contributed by atoms with van der Waals surface area (Å²) in [5.74, 6) is -0.147. The van der Waals surface area contributed by atoms with Gasteiger partial charge in [0.2, 0.25) is 0 Å². The second kappa shape index (κ2) is 5.28. The zero-order valence-corrected chi connectivity index (χ0v) is 9.48. The van der Waals surface area contributed by atoms with Crippen molar-refractivity contribution in [2.75, 3.05) is 45.8 Å². The zero-order chi connectivity index (χ0) is 11.4. The van der Waals surface area contributed by atoms with E-state index in [0.717, 1.165) is 13.0 Å². The maximum absolute atomic E-state index is 11.1. The van der Waals surface area contributed by atoms with Gasteiger partial charge in [0.15, 0.2) is 0 Å². The lowest BCUT2D eigenvalue weighted by Crippen LogP contribution is -2.61. The molecule has 3 rings (SSSR count). The van der Waals surface area contributed by atoms with Crippen LogP contribution in [-0.2, 0) is 4.79 Å². The number of rotatable bonds is 4. The van der Waals surface area contributed by atoms with Crippen LogP contribution in [-0.4, -0.2) is 67.6 Å². The normalized spacial score (nSPS) is 32.1. The second-order valence-electron chi connectivity index (χ2n) is 4.45. The maximum atomic E-state index is 11.1. The molecular weight excluding hydrogens is 204 g/mol. The van der Waals surface area contributed by atoms with Crippen molar-refractivity contribution in [3.8, 4) is 0 Å². The first-order valence-electron chi connectivity index (χ1n) is 5.86. The number of nitrogens with zero attached hydrogens (tertiary/aromatic N) is 3. The second-order valence-corrected chi connectivity index (χ2v) is 4.45. The zero-order valence-electron chi connectivity index (χ0n) is 9.48. The van der Waals surface area contributed by atoms with Crippen molar-refractivity contribution < 1.29 is 4.79 Å². The van der Waals surface area contributed by atoms with E-state index in [1.165, 1.54) is 26.2 Å². The molecule has 0 aromatic heterocycles. The largest absolute Gasteiger partial charge is 0.350 e. The highest BCUT2D eigenvalue weighted by Gasteiger charge is 2.31. The first-order valence-corrected chi connectivity index (χ1v) is 5.86. The molecule has 0 aromatic rings. The van der Waals surface area contributed by atoms with Gasteiger partial charge in [-0.25, -0.2) is 6.57 Å². The topological polar surface area (TPSA) is 39.9 Å². The third kappa shape index (κ3) is 2.71. The molecule has 0 spiro atoms. The van der Waals surface area contributed by atoms with Gasteiger partial charge < -0.3 is 10.2 Å². The lowest BCUT2D eigenvalue weighted by atomic mass is 10.1. The standard InChI is InChI=1S/C11H18N4O/c1-12-8-11(16)13-3-2-10-9-14-4-6-15(10)7-5-14/h10H,2-9H2,(H,13,16). The van der Waals surface area contributed by atoms with Gasteiger partial charge in [0.25, 0.3) is 12.5 Å². The van der Waals surface area contributed by atoms with Crippen LogP contribution >= 0.6 is 0 Å². The molecule has 3 saturated heterocycles. The van der Waals surface area contributed by atoms with Crippen LogP contribution in [0.4, 0.5) is 0 Å². The molecule has 16 heavy (non-hydrogen) atoms. The molecule has 3 aliphatic heterocycles. The van der Waals surface area contributed by atoms with E-state index in [0.29, 0.717) is 12.6 Å². The summed E-state index contributed by atoms with van der Waals surface area (Å²) in [6, 6.07) is 0.593. The Balaban J connectivity index is 1.67. The molecule has 1 N–H and O–H groups in total. The average Bonchev–Trinajstić information content (AvgIpc) is 2.31. The highest BCUT2D eigenvalue weighted by Crippen LogP contribution is 2.17. The smallest absolute Gasteiger partial charge is 0.300 e. The minimum Gasteiger partial charge on any atom is -0.350 e. The summed E-state index contributed by atoms with van der Waals surface area (Å²) in [6.45, 7) is 13.1. The van der Waals surface area contributed by atoms with Crippen molar-refractivity contribution in [3.63, 3.8) is 0 Å². The lowest BCUT2D eigenvalue weighted by Gasteiger charge is -2.47. The first kappa shape index (κ1) is 11.4. The number of carbonyl (C=O) groups excluding carboxylic acids is 1. The molecule has 0 radical (unpaired) electrons. The van der Waals surface area contributed by atoms with Gasteiger partial charge in [-0.15, -0.1) is 0 Å². The molecule has 3 aliphatic rings. The average molecular weight is 222 g/mol. The Morgan fingerprint density at radius 2 is 2.12 bits per heavy atom. The van der Waals surface area contributed by atoms with Crippen LogP contribution in [0.25, 0.3) is 4.85 Å². The Bertz CT molecular complexity index is 291. The van der Waals surface area contributed by atoms with Crippen molar-refractivity contribution in [1.82, 2.24) is 15.1 Å². The Labute approximate surface area is 96.2 Å². The number of amides is 1. The SMILES string of the molecule is [C-]#[N+]CC(=O)NCCC1CN2CCN1CC2. The van der Waals surface area contributed by atoms with E-state index in [4.69, 9.17) is 6.57 Å². The minimum atomic E-state index is -0.147. The number of fused-ring (bicyclic) bond motifs is 3. The van der Waals surface area contributed by atoms with E-state index in [-0.39, 0.29) is 12.5 Å². The van der Waals surface area contributed by atoms with Gasteiger partial charge in [0.1, 0.15) is 0 Å². The van der Waals surface area contributed by atoms with E-state index in [2.05, 4.69) is 20.0 Å². The van der Waals surface area contributed by atoms with Crippen LogP contribution in [0.5, 0.6) is 0 Å². The number of hydrogen-bond donors (Lipinski definition) is 1. The van der Waals surface area contributed by atoms with E-state index >= 15 is 0 Å². The molecule has 0 saturated carbocycles. The molecule has 3 heterocycles. The van der Waals surface area contributed by atoms with Crippen LogP contribution in [0.2, 0.25) is 0 Å². The van der Waals surface area contributed by atoms with E-state index in [9.17, 15) is 4.79 Å². The predicted octanol–water partition coefficient (Wildman–Crippen LogP) is -0.588. The van der Waals surface area contributed by atoms with E-state index in [1.807, 2.05) is 0 Å². The van der Waals surface area contributed by atoms with Crippen molar-refractivity contribution in [2.45, 2.75) is 12.5 Å². The molecule has 0 aromatic carbocycles. The summed E-state index contributed by atoms with van der Waals surface area (Å²) in [5.41, 5.74) is 0. The van der Waals surface area contributed by atoms with Gasteiger partial charge in [0, 0.05) is 45.3 Å². The third-order valence-electron chi connectivity index (χ3n) is 3.41. The highest BCUT2D eigenvalue weighted by molar-refractivity contribution is 5.79. The summed E-state index contributed by atoms with van der Waals surface area (Å²) < 4.78 is 0. The fourth-order valence-electron chi connectivity index (χ4n) is 2.50. The molecule has 5 heteroatoms. The van der Waals surface area contributed by atoms with Crippen molar-refractivity contribution in [2.24, 2.45) is 0 Å². The fourth-order valence-corrected chi connectivity index (χ4v) is 2.50. The molecule has 3 fully saturated rings. The molecule has 0 aliphatic carbocycles. The number of carbonyl (C=O) groups is 1. The molecular formula is C11H18N4O. The van der Waals surface area contributed by atoms with Gasteiger partial charge in [-0.3, -0.25) is 14.6 Å². The fraction of sp³-hybridized carbons (Fsp3) is 0.818. The van der Waals surface area contributed by atoms with Gasteiger partial charge in [-0.2, -0.15) is 0 Å². The van der Waals surface area contributed by atoms with Gasteiger partial charge in [-0.1, -0.05) is 0 Å². The monoisotopic (exact) mass is 222 g/mol. The molecule has 2 bridgehead atoms. The predicted molar refractivity (Wildman–Crippen MR) is 60.9 cm³/mol. The summed E-state index contributed by atoms with van der Waals surface area (Å²) in [7, 11) is 0. The Kier molecular flexibility index (Phi) is 3.75. The minimum absolute atomic E-state index is 0.0412. The summed E-state index contributed by atoms with van der Waals surface area (Å²) >= 11 is 0. The van der Waals surface area contributed by atoms with Crippen LogP contribution in [0.1, 0.15) is 6.42 Å². The van der Waals surface area contributed by atoms with E-state index in [1.54, 1.807) is 0 Å². The summed E-state index contributed by atoms with van der Waals surface area (Å²) in [6.07, 6.45) is 1.00. The quantitative estimate of drug-likeness (QED) is 0.646. The lowest BCUT2D eigenvalue weighted by molar-refractivity contribution is -0.119. The van der Waals surface area contributed by atoms with Crippen LogP contribution < -0.4 is 5.32 Å². The molecule has 1 atom stereocenters. The molecule has 1 amide bonds. The number of piperazine rings is 3.